The average molecular weight is 226 g/mol. The zero-order valence-electron chi connectivity index (χ0n) is 11.4. The molecule has 0 amide bonds. The van der Waals surface area contributed by atoms with E-state index in [1.165, 1.54) is 12.8 Å². The van der Waals surface area contributed by atoms with Gasteiger partial charge in [-0.05, 0) is 38.0 Å². The summed E-state index contributed by atoms with van der Waals surface area (Å²) in [6.45, 7) is 10.7. The van der Waals surface area contributed by atoms with Gasteiger partial charge in [0, 0.05) is 12.3 Å². The van der Waals surface area contributed by atoms with E-state index >= 15 is 0 Å². The molecule has 0 aliphatic heterocycles. The summed E-state index contributed by atoms with van der Waals surface area (Å²) >= 11 is 0. The van der Waals surface area contributed by atoms with Gasteiger partial charge in [0.15, 0.2) is 0 Å². The van der Waals surface area contributed by atoms with Crippen LogP contribution in [-0.2, 0) is 9.53 Å². The van der Waals surface area contributed by atoms with Crippen molar-refractivity contribution in [2.75, 3.05) is 0 Å². The molecule has 2 heteroatoms. The second kappa shape index (κ2) is 5.20. The predicted molar refractivity (Wildman–Crippen MR) is 66.1 cm³/mol. The fraction of sp³-hybridized carbons (Fsp3) is 0.929. The van der Waals surface area contributed by atoms with E-state index < -0.39 is 0 Å². The second-order valence-corrected chi connectivity index (χ2v) is 5.65. The number of hydrogen-bond acceptors (Lipinski definition) is 2. The highest BCUT2D eigenvalue weighted by Gasteiger charge is 2.43. The van der Waals surface area contributed by atoms with E-state index in [4.69, 9.17) is 4.74 Å². The van der Waals surface area contributed by atoms with Crippen LogP contribution in [0.15, 0.2) is 0 Å². The van der Waals surface area contributed by atoms with Gasteiger partial charge in [0.1, 0.15) is 5.60 Å². The maximum atomic E-state index is 11.5. The molecule has 0 bridgehead atoms. The van der Waals surface area contributed by atoms with Crippen molar-refractivity contribution in [3.05, 3.63) is 0 Å². The average Bonchev–Trinajstić information content (AvgIpc) is 2.58. The van der Waals surface area contributed by atoms with Crippen LogP contribution in [0, 0.1) is 17.8 Å². The third-order valence-electron chi connectivity index (χ3n) is 4.24. The second-order valence-electron chi connectivity index (χ2n) is 5.65. The minimum absolute atomic E-state index is 0.0592. The largest absolute Gasteiger partial charge is 0.459 e. The molecule has 4 unspecified atom stereocenters. The van der Waals surface area contributed by atoms with Crippen molar-refractivity contribution in [3.8, 4) is 0 Å². The lowest BCUT2D eigenvalue weighted by atomic mass is 9.80. The summed E-state index contributed by atoms with van der Waals surface area (Å²) in [5.74, 6) is 1.91. The molecule has 94 valence electrons. The van der Waals surface area contributed by atoms with Crippen LogP contribution in [0.4, 0.5) is 0 Å². The highest BCUT2D eigenvalue weighted by molar-refractivity contribution is 5.69. The number of ether oxygens (including phenoxy) is 1. The first-order valence-electron chi connectivity index (χ1n) is 6.64. The van der Waals surface area contributed by atoms with Gasteiger partial charge in [-0.15, -0.1) is 0 Å². The van der Waals surface area contributed by atoms with Crippen molar-refractivity contribution in [3.63, 3.8) is 0 Å². The summed E-state index contributed by atoms with van der Waals surface area (Å²) in [6, 6.07) is 0. The van der Waals surface area contributed by atoms with Crippen molar-refractivity contribution in [2.45, 2.75) is 65.9 Å². The van der Waals surface area contributed by atoms with Crippen LogP contribution in [0.25, 0.3) is 0 Å². The van der Waals surface area contributed by atoms with Crippen LogP contribution in [-0.4, -0.2) is 11.6 Å². The van der Waals surface area contributed by atoms with Crippen molar-refractivity contribution in [1.29, 1.82) is 0 Å². The van der Waals surface area contributed by atoms with Crippen molar-refractivity contribution >= 4 is 5.97 Å². The van der Waals surface area contributed by atoms with Crippen LogP contribution in [0.1, 0.15) is 60.3 Å². The van der Waals surface area contributed by atoms with Gasteiger partial charge in [-0.25, -0.2) is 0 Å². The Hall–Kier alpha value is -0.530. The molecule has 1 aliphatic carbocycles. The van der Waals surface area contributed by atoms with Gasteiger partial charge in [-0.2, -0.15) is 0 Å². The van der Waals surface area contributed by atoms with Gasteiger partial charge in [0.2, 0.25) is 0 Å². The number of hydrogen-bond donors (Lipinski definition) is 0. The molecular formula is C14H26O2. The Labute approximate surface area is 99.8 Å². The molecule has 2 nitrogen and oxygen atoms in total. The molecule has 1 saturated carbocycles. The van der Waals surface area contributed by atoms with E-state index in [0.717, 1.165) is 12.3 Å². The van der Waals surface area contributed by atoms with Gasteiger partial charge in [0.25, 0.3) is 0 Å². The molecular weight excluding hydrogens is 200 g/mol. The van der Waals surface area contributed by atoms with E-state index in [1.807, 2.05) is 6.92 Å². The lowest BCUT2D eigenvalue weighted by Gasteiger charge is -2.37. The van der Waals surface area contributed by atoms with Gasteiger partial charge in [-0.3, -0.25) is 4.79 Å². The summed E-state index contributed by atoms with van der Waals surface area (Å²) < 4.78 is 5.70. The molecule has 4 atom stereocenters. The summed E-state index contributed by atoms with van der Waals surface area (Å²) in [7, 11) is 0. The molecule has 1 fully saturated rings. The van der Waals surface area contributed by atoms with Crippen molar-refractivity contribution < 1.29 is 9.53 Å². The predicted octanol–water partition coefficient (Wildman–Crippen LogP) is 3.79. The summed E-state index contributed by atoms with van der Waals surface area (Å²) in [6.07, 6.45) is 3.86. The fourth-order valence-corrected chi connectivity index (χ4v) is 3.15. The van der Waals surface area contributed by atoms with Gasteiger partial charge < -0.3 is 4.74 Å². The van der Waals surface area contributed by atoms with Crippen LogP contribution in [0.3, 0.4) is 0 Å². The Kier molecular flexibility index (Phi) is 4.40. The minimum Gasteiger partial charge on any atom is -0.459 e. The normalized spacial score (nSPS) is 33.4. The Balaban J connectivity index is 2.75. The van der Waals surface area contributed by atoms with Gasteiger partial charge in [0.05, 0.1) is 0 Å². The summed E-state index contributed by atoms with van der Waals surface area (Å²) in [4.78, 5) is 11.5. The molecule has 16 heavy (non-hydrogen) atoms. The zero-order chi connectivity index (χ0) is 12.3. The minimum atomic E-state index is -0.253. The zero-order valence-corrected chi connectivity index (χ0v) is 11.4. The fourth-order valence-electron chi connectivity index (χ4n) is 3.15. The molecule has 1 rings (SSSR count). The SMILES string of the molecule is CCC(=O)OC(C)(CC)C1CC(C)CC1C. The number of esters is 1. The quantitative estimate of drug-likeness (QED) is 0.682. The highest BCUT2D eigenvalue weighted by Crippen LogP contribution is 2.45. The molecule has 0 radical (unpaired) electrons. The maximum Gasteiger partial charge on any atom is 0.306 e. The third-order valence-corrected chi connectivity index (χ3v) is 4.24. The highest BCUT2D eigenvalue weighted by atomic mass is 16.6. The monoisotopic (exact) mass is 226 g/mol. The van der Waals surface area contributed by atoms with Crippen LogP contribution < -0.4 is 0 Å². The molecule has 0 aromatic heterocycles. The molecule has 1 aliphatic rings. The Bertz CT molecular complexity index is 249. The number of rotatable bonds is 4. The lowest BCUT2D eigenvalue weighted by Crippen LogP contribution is -2.40. The Morgan fingerprint density at radius 2 is 1.94 bits per heavy atom. The lowest BCUT2D eigenvalue weighted by molar-refractivity contribution is -0.165. The molecule has 0 aromatic rings. The molecule has 0 heterocycles. The Morgan fingerprint density at radius 3 is 2.31 bits per heavy atom. The number of carbonyl (C=O) groups excluding carboxylic acids is 1. The first-order valence-corrected chi connectivity index (χ1v) is 6.64. The van der Waals surface area contributed by atoms with E-state index in [9.17, 15) is 4.79 Å². The van der Waals surface area contributed by atoms with Crippen LogP contribution in [0.5, 0.6) is 0 Å². The molecule has 0 spiro atoms. The van der Waals surface area contributed by atoms with Crippen molar-refractivity contribution in [1.82, 2.24) is 0 Å². The summed E-state index contributed by atoms with van der Waals surface area (Å²) in [5, 5.41) is 0. The standard InChI is InChI=1S/C14H26O2/c1-6-13(15)16-14(5,7-2)12-9-10(3)8-11(12)4/h10-12H,6-9H2,1-5H3. The van der Waals surface area contributed by atoms with Crippen LogP contribution >= 0.6 is 0 Å². The molecule has 0 N–H and O–H groups in total. The molecule has 0 aromatic carbocycles. The maximum absolute atomic E-state index is 11.5. The third kappa shape index (κ3) is 2.78. The van der Waals surface area contributed by atoms with E-state index in [-0.39, 0.29) is 11.6 Å². The first-order chi connectivity index (χ1) is 7.42. The van der Waals surface area contributed by atoms with Gasteiger partial charge >= 0.3 is 5.97 Å². The summed E-state index contributed by atoms with van der Waals surface area (Å²) in [5.41, 5.74) is -0.253. The van der Waals surface area contributed by atoms with E-state index in [0.29, 0.717) is 18.3 Å². The number of carbonyl (C=O) groups is 1. The van der Waals surface area contributed by atoms with Crippen molar-refractivity contribution in [2.24, 2.45) is 17.8 Å². The topological polar surface area (TPSA) is 26.3 Å². The van der Waals surface area contributed by atoms with Gasteiger partial charge in [-0.1, -0.05) is 27.7 Å². The molecule has 0 saturated heterocycles. The Morgan fingerprint density at radius 1 is 1.31 bits per heavy atom. The van der Waals surface area contributed by atoms with Crippen LogP contribution in [0.2, 0.25) is 0 Å². The van der Waals surface area contributed by atoms with E-state index in [1.54, 1.807) is 0 Å². The smallest absolute Gasteiger partial charge is 0.306 e. The van der Waals surface area contributed by atoms with E-state index in [2.05, 4.69) is 27.7 Å². The first kappa shape index (κ1) is 13.5.